The van der Waals surface area contributed by atoms with Gasteiger partial charge in [-0.1, -0.05) is 17.7 Å². The van der Waals surface area contributed by atoms with Crippen LogP contribution in [-0.4, -0.2) is 40.4 Å². The molecule has 0 unspecified atom stereocenters. The van der Waals surface area contributed by atoms with Crippen LogP contribution in [0.1, 0.15) is 24.0 Å². The highest BCUT2D eigenvalue weighted by Gasteiger charge is 2.28. The molecule has 1 fully saturated rings. The minimum atomic E-state index is -4.02. The Balaban J connectivity index is 1.58. The first-order valence-corrected chi connectivity index (χ1v) is 13.1. The van der Waals surface area contributed by atoms with Gasteiger partial charge in [-0.05, 0) is 80.4 Å². The van der Waals surface area contributed by atoms with E-state index in [-0.39, 0.29) is 10.8 Å². The summed E-state index contributed by atoms with van der Waals surface area (Å²) in [5.74, 6) is 0.167. The molecule has 4 rings (SSSR count). The predicted octanol–water partition coefficient (Wildman–Crippen LogP) is 4.27. The molecule has 3 aromatic carbocycles. The maximum Gasteiger partial charge on any atom is 0.264 e. The number of hydrogen-bond acceptors (Lipinski definition) is 5. The monoisotopic (exact) mass is 507 g/mol. The number of aryl methyl sites for hydroxylation is 2. The van der Waals surface area contributed by atoms with E-state index < -0.39 is 22.5 Å². The minimum Gasteiger partial charge on any atom is -0.497 e. The molecule has 2 amide bonds. The van der Waals surface area contributed by atoms with Crippen LogP contribution in [0.4, 0.5) is 17.1 Å². The summed E-state index contributed by atoms with van der Waals surface area (Å²) in [5.41, 5.74) is 3.46. The normalized spacial score (nSPS) is 13.5. The molecular formula is C27H29N3O5S. The van der Waals surface area contributed by atoms with Crippen molar-refractivity contribution in [3.63, 3.8) is 0 Å². The number of benzene rings is 3. The van der Waals surface area contributed by atoms with Gasteiger partial charge in [-0.15, -0.1) is 0 Å². The van der Waals surface area contributed by atoms with E-state index in [2.05, 4.69) is 5.32 Å². The van der Waals surface area contributed by atoms with Crippen LogP contribution in [0.2, 0.25) is 0 Å². The quantitative estimate of drug-likeness (QED) is 0.491. The molecule has 0 bridgehead atoms. The van der Waals surface area contributed by atoms with Crippen LogP contribution < -0.4 is 19.3 Å². The van der Waals surface area contributed by atoms with Gasteiger partial charge in [0.15, 0.2) is 0 Å². The van der Waals surface area contributed by atoms with Crippen LogP contribution in [0.25, 0.3) is 0 Å². The van der Waals surface area contributed by atoms with Crippen molar-refractivity contribution in [3.05, 3.63) is 77.9 Å². The summed E-state index contributed by atoms with van der Waals surface area (Å²) >= 11 is 0. The summed E-state index contributed by atoms with van der Waals surface area (Å²) in [5, 5.41) is 2.79. The highest BCUT2D eigenvalue weighted by Crippen LogP contribution is 2.29. The number of sulfonamides is 1. The van der Waals surface area contributed by atoms with Gasteiger partial charge in [0.25, 0.3) is 10.0 Å². The van der Waals surface area contributed by atoms with Crippen molar-refractivity contribution in [2.24, 2.45) is 0 Å². The number of anilines is 3. The van der Waals surface area contributed by atoms with Crippen molar-refractivity contribution < 1.29 is 22.7 Å². The zero-order valence-electron chi connectivity index (χ0n) is 20.5. The second-order valence-electron chi connectivity index (χ2n) is 8.72. The number of carbonyl (C=O) groups excluding carboxylic acids is 2. The van der Waals surface area contributed by atoms with E-state index in [0.29, 0.717) is 30.1 Å². The largest absolute Gasteiger partial charge is 0.497 e. The fourth-order valence-corrected chi connectivity index (χ4v) is 5.59. The highest BCUT2D eigenvalue weighted by molar-refractivity contribution is 7.92. The van der Waals surface area contributed by atoms with Crippen LogP contribution in [0, 0.1) is 13.8 Å². The summed E-state index contributed by atoms with van der Waals surface area (Å²) in [6, 6.07) is 18.3. The van der Waals surface area contributed by atoms with E-state index in [1.165, 1.54) is 19.2 Å². The zero-order chi connectivity index (χ0) is 25.9. The molecule has 36 heavy (non-hydrogen) atoms. The molecule has 1 aliphatic rings. The average Bonchev–Trinajstić information content (AvgIpc) is 3.28. The van der Waals surface area contributed by atoms with Gasteiger partial charge < -0.3 is 15.0 Å². The van der Waals surface area contributed by atoms with Crippen molar-refractivity contribution in [1.29, 1.82) is 0 Å². The number of methoxy groups -OCH3 is 1. The third-order valence-electron chi connectivity index (χ3n) is 6.10. The van der Waals surface area contributed by atoms with E-state index in [0.717, 1.165) is 27.5 Å². The van der Waals surface area contributed by atoms with Crippen molar-refractivity contribution in [2.75, 3.05) is 34.7 Å². The average molecular weight is 508 g/mol. The van der Waals surface area contributed by atoms with Gasteiger partial charge in [-0.25, -0.2) is 8.42 Å². The van der Waals surface area contributed by atoms with Crippen molar-refractivity contribution >= 4 is 38.9 Å². The van der Waals surface area contributed by atoms with Gasteiger partial charge in [-0.2, -0.15) is 0 Å². The van der Waals surface area contributed by atoms with Gasteiger partial charge in [-0.3, -0.25) is 13.9 Å². The number of hydrogen-bond donors (Lipinski definition) is 1. The lowest BCUT2D eigenvalue weighted by Gasteiger charge is -2.24. The Bertz CT molecular complexity index is 1370. The van der Waals surface area contributed by atoms with Gasteiger partial charge in [0.2, 0.25) is 11.8 Å². The van der Waals surface area contributed by atoms with E-state index in [1.54, 1.807) is 59.5 Å². The van der Waals surface area contributed by atoms with Crippen LogP contribution in [-0.2, 0) is 19.6 Å². The van der Waals surface area contributed by atoms with E-state index >= 15 is 0 Å². The lowest BCUT2D eigenvalue weighted by Crippen LogP contribution is -2.38. The molecular weight excluding hydrogens is 478 g/mol. The Morgan fingerprint density at radius 1 is 1.03 bits per heavy atom. The van der Waals surface area contributed by atoms with Gasteiger partial charge in [0, 0.05) is 24.3 Å². The van der Waals surface area contributed by atoms with Crippen LogP contribution in [0.3, 0.4) is 0 Å². The SMILES string of the molecule is COc1ccc(N(CC(=O)Nc2ccc(N3CCCC3=O)c(C)c2)S(=O)(=O)c2ccc(C)cc2)cc1. The Labute approximate surface area is 211 Å². The molecule has 1 aliphatic heterocycles. The Morgan fingerprint density at radius 2 is 1.72 bits per heavy atom. The molecule has 0 atom stereocenters. The van der Waals surface area contributed by atoms with Gasteiger partial charge in [0.05, 0.1) is 17.7 Å². The number of amides is 2. The molecule has 3 aromatic rings. The van der Waals surface area contributed by atoms with E-state index in [9.17, 15) is 18.0 Å². The molecule has 9 heteroatoms. The Morgan fingerprint density at radius 3 is 2.31 bits per heavy atom. The summed E-state index contributed by atoms with van der Waals surface area (Å²) in [6.45, 7) is 4.01. The van der Waals surface area contributed by atoms with Crippen LogP contribution in [0.15, 0.2) is 71.6 Å². The molecule has 0 aromatic heterocycles. The lowest BCUT2D eigenvalue weighted by atomic mass is 10.1. The molecule has 0 aliphatic carbocycles. The first kappa shape index (κ1) is 25.2. The third-order valence-corrected chi connectivity index (χ3v) is 7.89. The Kier molecular flexibility index (Phi) is 7.30. The van der Waals surface area contributed by atoms with Crippen LogP contribution in [0.5, 0.6) is 5.75 Å². The number of rotatable bonds is 8. The molecule has 1 N–H and O–H groups in total. The number of nitrogens with zero attached hydrogens (tertiary/aromatic N) is 2. The standard InChI is InChI=1S/C27H29N3O5S/c1-19-6-13-24(14-7-19)36(33,34)30(22-9-11-23(35-3)12-10-22)18-26(31)28-21-8-15-25(20(2)17-21)29-16-4-5-27(29)32/h6-15,17H,4-5,16,18H2,1-3H3,(H,28,31). The van der Waals surface area contributed by atoms with E-state index in [4.69, 9.17) is 4.74 Å². The lowest BCUT2D eigenvalue weighted by molar-refractivity contribution is -0.117. The first-order valence-electron chi connectivity index (χ1n) is 11.6. The molecule has 0 saturated carbocycles. The number of nitrogens with one attached hydrogen (secondary N) is 1. The molecule has 1 saturated heterocycles. The van der Waals surface area contributed by atoms with Gasteiger partial charge >= 0.3 is 0 Å². The Hall–Kier alpha value is -3.85. The molecule has 8 nitrogen and oxygen atoms in total. The highest BCUT2D eigenvalue weighted by atomic mass is 32.2. The number of carbonyl (C=O) groups is 2. The fraction of sp³-hybridized carbons (Fsp3) is 0.259. The minimum absolute atomic E-state index is 0.0892. The zero-order valence-corrected chi connectivity index (χ0v) is 21.3. The summed E-state index contributed by atoms with van der Waals surface area (Å²) < 4.78 is 33.3. The van der Waals surface area contributed by atoms with Crippen molar-refractivity contribution in [3.8, 4) is 5.75 Å². The second kappa shape index (κ2) is 10.4. The smallest absolute Gasteiger partial charge is 0.264 e. The summed E-state index contributed by atoms with van der Waals surface area (Å²) in [4.78, 5) is 27.0. The topological polar surface area (TPSA) is 96.0 Å². The molecule has 0 spiro atoms. The molecule has 1 heterocycles. The maximum atomic E-state index is 13.5. The fourth-order valence-electron chi connectivity index (χ4n) is 4.17. The maximum absolute atomic E-state index is 13.5. The van der Waals surface area contributed by atoms with Gasteiger partial charge in [0.1, 0.15) is 12.3 Å². The van der Waals surface area contributed by atoms with E-state index in [1.807, 2.05) is 13.8 Å². The predicted molar refractivity (Wildman–Crippen MR) is 140 cm³/mol. The second-order valence-corrected chi connectivity index (χ2v) is 10.6. The summed E-state index contributed by atoms with van der Waals surface area (Å²) in [7, 11) is -2.50. The first-order chi connectivity index (χ1) is 17.2. The molecule has 188 valence electrons. The van der Waals surface area contributed by atoms with Crippen molar-refractivity contribution in [2.45, 2.75) is 31.6 Å². The summed E-state index contributed by atoms with van der Waals surface area (Å²) in [6.07, 6.45) is 1.36. The third kappa shape index (κ3) is 5.36. The van der Waals surface area contributed by atoms with Crippen LogP contribution >= 0.6 is 0 Å². The van der Waals surface area contributed by atoms with Crippen molar-refractivity contribution in [1.82, 2.24) is 0 Å². The molecule has 0 radical (unpaired) electrons. The number of ether oxygens (including phenoxy) is 1.